The Balaban J connectivity index is 1.92. The molecule has 0 saturated carbocycles. The van der Waals surface area contributed by atoms with Crippen molar-refractivity contribution < 1.29 is 17.9 Å². The van der Waals surface area contributed by atoms with Crippen molar-refractivity contribution in [3.63, 3.8) is 0 Å². The molecule has 0 aliphatic rings. The molecule has 0 aliphatic heterocycles. The van der Waals surface area contributed by atoms with Gasteiger partial charge in [-0.2, -0.15) is 4.31 Å². The van der Waals surface area contributed by atoms with E-state index in [-0.39, 0.29) is 4.90 Å². The minimum atomic E-state index is -4.11. The summed E-state index contributed by atoms with van der Waals surface area (Å²) in [7, 11) is -4.11. The van der Waals surface area contributed by atoms with Crippen molar-refractivity contribution in [2.45, 2.75) is 38.5 Å². The monoisotopic (exact) mass is 437 g/mol. The second-order valence-electron chi connectivity index (χ2n) is 7.45. The van der Waals surface area contributed by atoms with Crippen molar-refractivity contribution in [2.24, 2.45) is 0 Å². The molecule has 3 aromatic rings. The fourth-order valence-corrected chi connectivity index (χ4v) is 4.77. The van der Waals surface area contributed by atoms with Gasteiger partial charge in [0.05, 0.1) is 10.6 Å². The summed E-state index contributed by atoms with van der Waals surface area (Å²) in [4.78, 5) is 13.2. The van der Waals surface area contributed by atoms with Crippen molar-refractivity contribution in [3.8, 4) is 5.75 Å². The fourth-order valence-electron chi connectivity index (χ4n) is 3.28. The SMILES string of the molecule is CCCc1ccc(OCC(=O)N(c2cc(C)ccc2C)S(=O)(=O)c2ccccc2)cc1. The van der Waals surface area contributed by atoms with Crippen LogP contribution in [0.3, 0.4) is 0 Å². The molecule has 0 radical (unpaired) electrons. The molecule has 0 N–H and O–H groups in total. The summed E-state index contributed by atoms with van der Waals surface area (Å²) in [6.07, 6.45) is 2.01. The number of aryl methyl sites for hydroxylation is 3. The van der Waals surface area contributed by atoms with E-state index in [1.807, 2.05) is 25.1 Å². The lowest BCUT2D eigenvalue weighted by Gasteiger charge is -2.24. The lowest BCUT2D eigenvalue weighted by Crippen LogP contribution is -2.40. The second kappa shape index (κ2) is 9.79. The standard InChI is InChI=1S/C25H27NO4S/c1-4-8-21-13-15-22(16-14-21)30-18-25(27)26(24-17-19(2)11-12-20(24)3)31(28,29)23-9-6-5-7-10-23/h5-7,9-17H,4,8,18H2,1-3H3. The Labute approximate surface area is 184 Å². The maximum absolute atomic E-state index is 13.4. The van der Waals surface area contributed by atoms with Crippen LogP contribution in [0.4, 0.5) is 5.69 Å². The Hall–Kier alpha value is -3.12. The van der Waals surface area contributed by atoms with Crippen LogP contribution in [0, 0.1) is 13.8 Å². The van der Waals surface area contributed by atoms with E-state index in [2.05, 4.69) is 6.92 Å². The third-order valence-electron chi connectivity index (χ3n) is 4.92. The van der Waals surface area contributed by atoms with Gasteiger partial charge >= 0.3 is 0 Å². The molecule has 1 amide bonds. The molecule has 5 nitrogen and oxygen atoms in total. The molecule has 0 aliphatic carbocycles. The number of carbonyl (C=O) groups excluding carboxylic acids is 1. The molecule has 0 atom stereocenters. The molecule has 0 heterocycles. The number of anilines is 1. The highest BCUT2D eigenvalue weighted by Crippen LogP contribution is 2.28. The van der Waals surface area contributed by atoms with Crippen LogP contribution < -0.4 is 9.04 Å². The largest absolute Gasteiger partial charge is 0.484 e. The summed E-state index contributed by atoms with van der Waals surface area (Å²) in [5.41, 5.74) is 3.05. The Morgan fingerprint density at radius 3 is 2.26 bits per heavy atom. The van der Waals surface area contributed by atoms with Crippen molar-refractivity contribution in [1.29, 1.82) is 0 Å². The van der Waals surface area contributed by atoms with Gasteiger partial charge in [-0.3, -0.25) is 4.79 Å². The van der Waals surface area contributed by atoms with E-state index in [1.54, 1.807) is 49.4 Å². The smallest absolute Gasteiger partial charge is 0.278 e. The number of sulfonamides is 1. The summed E-state index contributed by atoms with van der Waals surface area (Å²) in [6, 6.07) is 20.8. The summed E-state index contributed by atoms with van der Waals surface area (Å²) >= 11 is 0. The zero-order chi connectivity index (χ0) is 22.4. The first kappa shape index (κ1) is 22.6. The average molecular weight is 438 g/mol. The normalized spacial score (nSPS) is 11.2. The molecule has 6 heteroatoms. The van der Waals surface area contributed by atoms with Crippen LogP contribution in [-0.4, -0.2) is 20.9 Å². The highest BCUT2D eigenvalue weighted by molar-refractivity contribution is 7.93. The first-order chi connectivity index (χ1) is 14.8. The Bertz CT molecular complexity index is 1140. The molecule has 3 rings (SSSR count). The van der Waals surface area contributed by atoms with Gasteiger partial charge in [0.25, 0.3) is 15.9 Å². The number of carbonyl (C=O) groups is 1. The van der Waals surface area contributed by atoms with Gasteiger partial charge in [-0.25, -0.2) is 8.42 Å². The Kier molecular flexibility index (Phi) is 7.13. The summed E-state index contributed by atoms with van der Waals surface area (Å²) in [5, 5.41) is 0. The maximum Gasteiger partial charge on any atom is 0.278 e. The van der Waals surface area contributed by atoms with Gasteiger partial charge in [0.2, 0.25) is 0 Å². The first-order valence-electron chi connectivity index (χ1n) is 10.2. The highest BCUT2D eigenvalue weighted by atomic mass is 32.2. The van der Waals surface area contributed by atoms with Crippen molar-refractivity contribution in [3.05, 3.63) is 89.5 Å². The van der Waals surface area contributed by atoms with E-state index in [4.69, 9.17) is 4.74 Å². The molecule has 0 spiro atoms. The predicted octanol–water partition coefficient (Wildman–Crippen LogP) is 5.06. The Morgan fingerprint density at radius 1 is 0.935 bits per heavy atom. The maximum atomic E-state index is 13.4. The van der Waals surface area contributed by atoms with E-state index < -0.39 is 22.5 Å². The van der Waals surface area contributed by atoms with Crippen LogP contribution in [0.5, 0.6) is 5.75 Å². The van der Waals surface area contributed by atoms with Crippen LogP contribution in [-0.2, 0) is 21.2 Å². The molecule has 0 unspecified atom stereocenters. The minimum absolute atomic E-state index is 0.0492. The third-order valence-corrected chi connectivity index (χ3v) is 6.66. The number of hydrogen-bond donors (Lipinski definition) is 0. The van der Waals surface area contributed by atoms with Gasteiger partial charge in [0.1, 0.15) is 5.75 Å². The van der Waals surface area contributed by atoms with Crippen LogP contribution in [0.25, 0.3) is 0 Å². The van der Waals surface area contributed by atoms with Crippen LogP contribution in [0.2, 0.25) is 0 Å². The topological polar surface area (TPSA) is 63.7 Å². The van der Waals surface area contributed by atoms with Crippen molar-refractivity contribution in [2.75, 3.05) is 10.9 Å². The zero-order valence-corrected chi connectivity index (χ0v) is 18.9. The minimum Gasteiger partial charge on any atom is -0.484 e. The Morgan fingerprint density at radius 2 is 1.61 bits per heavy atom. The van der Waals surface area contributed by atoms with Crippen LogP contribution >= 0.6 is 0 Å². The second-order valence-corrected chi connectivity index (χ2v) is 9.24. The van der Waals surface area contributed by atoms with Crippen molar-refractivity contribution in [1.82, 2.24) is 0 Å². The van der Waals surface area contributed by atoms with Gasteiger partial charge < -0.3 is 4.74 Å². The molecule has 0 fully saturated rings. The quantitative estimate of drug-likeness (QED) is 0.494. The van der Waals surface area contributed by atoms with Gasteiger partial charge in [-0.05, 0) is 67.3 Å². The first-order valence-corrected chi connectivity index (χ1v) is 11.7. The summed E-state index contributed by atoms with van der Waals surface area (Å²) in [5.74, 6) is -0.138. The predicted molar refractivity (Wildman–Crippen MR) is 123 cm³/mol. The number of hydrogen-bond acceptors (Lipinski definition) is 4. The number of amides is 1. The van der Waals surface area contributed by atoms with Gasteiger partial charge in [0.15, 0.2) is 6.61 Å². The fraction of sp³-hybridized carbons (Fsp3) is 0.240. The molecular weight excluding hydrogens is 410 g/mol. The number of nitrogens with zero attached hydrogens (tertiary/aromatic N) is 1. The number of rotatable bonds is 8. The highest BCUT2D eigenvalue weighted by Gasteiger charge is 2.32. The molecule has 3 aromatic carbocycles. The van der Waals surface area contributed by atoms with E-state index in [1.165, 1.54) is 17.7 Å². The van der Waals surface area contributed by atoms with Gasteiger partial charge in [-0.1, -0.05) is 55.8 Å². The lowest BCUT2D eigenvalue weighted by atomic mass is 10.1. The van der Waals surface area contributed by atoms with E-state index in [9.17, 15) is 13.2 Å². The lowest BCUT2D eigenvalue weighted by molar-refractivity contribution is -0.119. The van der Waals surface area contributed by atoms with Crippen molar-refractivity contribution >= 4 is 21.6 Å². The van der Waals surface area contributed by atoms with E-state index in [0.717, 1.165) is 22.7 Å². The van der Waals surface area contributed by atoms with Crippen LogP contribution in [0.15, 0.2) is 77.7 Å². The van der Waals surface area contributed by atoms with E-state index >= 15 is 0 Å². The van der Waals surface area contributed by atoms with Crippen LogP contribution in [0.1, 0.15) is 30.0 Å². The molecule has 0 saturated heterocycles. The zero-order valence-electron chi connectivity index (χ0n) is 18.0. The summed E-state index contributed by atoms with van der Waals surface area (Å²) in [6.45, 7) is 5.35. The number of benzene rings is 3. The molecule has 0 bridgehead atoms. The number of ether oxygens (including phenoxy) is 1. The van der Waals surface area contributed by atoms with E-state index in [0.29, 0.717) is 17.0 Å². The summed E-state index contributed by atoms with van der Waals surface area (Å²) < 4.78 is 33.3. The van der Waals surface area contributed by atoms with Gasteiger partial charge in [0, 0.05) is 0 Å². The molecule has 31 heavy (non-hydrogen) atoms. The molecular formula is C25H27NO4S. The average Bonchev–Trinajstić information content (AvgIpc) is 2.76. The third kappa shape index (κ3) is 5.33. The van der Waals surface area contributed by atoms with Gasteiger partial charge in [-0.15, -0.1) is 0 Å². The molecule has 162 valence electrons. The molecule has 0 aromatic heterocycles.